The lowest BCUT2D eigenvalue weighted by atomic mass is 10.1. The first-order valence-electron chi connectivity index (χ1n) is 9.35. The number of aryl methyl sites for hydroxylation is 1. The first-order chi connectivity index (χ1) is 14.0. The highest BCUT2D eigenvalue weighted by Gasteiger charge is 2.19. The molecule has 0 atom stereocenters. The topological polar surface area (TPSA) is 46.1 Å². The molecule has 0 fully saturated rings. The number of aromatic nitrogens is 2. The number of hydrogen-bond donors (Lipinski definition) is 0. The van der Waals surface area contributed by atoms with E-state index in [0.717, 1.165) is 16.5 Å². The van der Waals surface area contributed by atoms with Crippen molar-refractivity contribution in [3.8, 4) is 11.3 Å². The summed E-state index contributed by atoms with van der Waals surface area (Å²) in [6.45, 7) is 2.52. The molecule has 0 aliphatic rings. The van der Waals surface area contributed by atoms with E-state index in [4.69, 9.17) is 11.6 Å². The molecule has 0 unspecified atom stereocenters. The van der Waals surface area contributed by atoms with Gasteiger partial charge in [-0.1, -0.05) is 77.8 Å². The van der Waals surface area contributed by atoms with Crippen LogP contribution in [0.1, 0.15) is 21.7 Å². The van der Waals surface area contributed by atoms with Crippen molar-refractivity contribution in [1.82, 2.24) is 14.9 Å². The number of carbonyl (C=O) groups excluding carboxylic acids is 1. The minimum absolute atomic E-state index is 0.160. The molecule has 0 saturated heterocycles. The van der Waals surface area contributed by atoms with Gasteiger partial charge < -0.3 is 4.90 Å². The van der Waals surface area contributed by atoms with Gasteiger partial charge >= 0.3 is 0 Å². The molecule has 1 amide bonds. The van der Waals surface area contributed by atoms with Gasteiger partial charge in [0.1, 0.15) is 0 Å². The van der Waals surface area contributed by atoms with Crippen molar-refractivity contribution in [1.29, 1.82) is 0 Å². The smallest absolute Gasteiger partial charge is 0.291 e. The zero-order valence-electron chi connectivity index (χ0n) is 16.3. The van der Waals surface area contributed by atoms with E-state index in [1.54, 1.807) is 11.9 Å². The average molecular weight is 402 g/mol. The molecule has 4 rings (SSSR count). The lowest BCUT2D eigenvalue weighted by molar-refractivity contribution is 0.0773. The lowest BCUT2D eigenvalue weighted by Gasteiger charge is -2.17. The molecule has 4 nitrogen and oxygen atoms in total. The first kappa shape index (κ1) is 19.1. The molecular weight excluding hydrogens is 382 g/mol. The van der Waals surface area contributed by atoms with Crippen LogP contribution in [0.25, 0.3) is 22.2 Å². The number of halogens is 1. The third-order valence-electron chi connectivity index (χ3n) is 4.81. The van der Waals surface area contributed by atoms with Gasteiger partial charge in [-0.3, -0.25) is 4.79 Å². The van der Waals surface area contributed by atoms with Crippen LogP contribution in [0.15, 0.2) is 72.8 Å². The molecule has 0 aliphatic heterocycles. The summed E-state index contributed by atoms with van der Waals surface area (Å²) >= 11 is 6.42. The summed E-state index contributed by atoms with van der Waals surface area (Å²) in [6, 6.07) is 23.3. The van der Waals surface area contributed by atoms with Gasteiger partial charge in [-0.05, 0) is 24.6 Å². The maximum atomic E-state index is 13.1. The molecule has 29 heavy (non-hydrogen) atoms. The fourth-order valence-electron chi connectivity index (χ4n) is 3.24. The number of nitrogens with zero attached hydrogens (tertiary/aromatic N) is 3. The molecule has 3 aromatic carbocycles. The van der Waals surface area contributed by atoms with Crippen LogP contribution in [0.4, 0.5) is 0 Å². The Morgan fingerprint density at radius 2 is 1.62 bits per heavy atom. The van der Waals surface area contributed by atoms with E-state index < -0.39 is 0 Å². The summed E-state index contributed by atoms with van der Waals surface area (Å²) in [7, 11) is 1.76. The van der Waals surface area contributed by atoms with Gasteiger partial charge in [-0.2, -0.15) is 0 Å². The standard InChI is InChI=1S/C24H20ClN3O/c1-16-11-13-17(14-12-16)15-28(2)24(29)23-26-21-10-6-4-8-19(21)22(27-23)18-7-3-5-9-20(18)25/h3-14H,15H2,1-2H3. The van der Waals surface area contributed by atoms with E-state index in [0.29, 0.717) is 22.8 Å². The van der Waals surface area contributed by atoms with Crippen molar-refractivity contribution in [2.75, 3.05) is 7.05 Å². The van der Waals surface area contributed by atoms with E-state index in [9.17, 15) is 4.79 Å². The van der Waals surface area contributed by atoms with E-state index in [2.05, 4.69) is 9.97 Å². The highest BCUT2D eigenvalue weighted by molar-refractivity contribution is 6.33. The molecule has 0 N–H and O–H groups in total. The summed E-state index contributed by atoms with van der Waals surface area (Å²) in [4.78, 5) is 23.9. The van der Waals surface area contributed by atoms with Crippen LogP contribution in [-0.2, 0) is 6.54 Å². The van der Waals surface area contributed by atoms with Gasteiger partial charge in [0.2, 0.25) is 5.82 Å². The quantitative estimate of drug-likeness (QED) is 0.451. The second-order valence-corrected chi connectivity index (χ2v) is 7.45. The molecule has 5 heteroatoms. The van der Waals surface area contributed by atoms with Crippen molar-refractivity contribution in [3.05, 3.63) is 94.8 Å². The zero-order valence-corrected chi connectivity index (χ0v) is 17.0. The van der Waals surface area contributed by atoms with Crippen molar-refractivity contribution in [3.63, 3.8) is 0 Å². The Hall–Kier alpha value is -3.24. The molecule has 4 aromatic rings. The molecule has 1 heterocycles. The maximum absolute atomic E-state index is 13.1. The Morgan fingerprint density at radius 1 is 0.931 bits per heavy atom. The number of amides is 1. The Kier molecular flexibility index (Phi) is 5.28. The summed E-state index contributed by atoms with van der Waals surface area (Å²) in [5.74, 6) is -0.0714. The van der Waals surface area contributed by atoms with Gasteiger partial charge in [0.05, 0.1) is 11.2 Å². The molecule has 0 bridgehead atoms. The lowest BCUT2D eigenvalue weighted by Crippen LogP contribution is -2.28. The molecule has 0 saturated carbocycles. The largest absolute Gasteiger partial charge is 0.335 e. The van der Waals surface area contributed by atoms with Crippen LogP contribution >= 0.6 is 11.6 Å². The second kappa shape index (κ2) is 8.02. The van der Waals surface area contributed by atoms with Crippen molar-refractivity contribution < 1.29 is 4.79 Å². The molecular formula is C24H20ClN3O. The van der Waals surface area contributed by atoms with E-state index in [1.165, 1.54) is 5.56 Å². The highest BCUT2D eigenvalue weighted by atomic mass is 35.5. The predicted molar refractivity (Wildman–Crippen MR) is 117 cm³/mol. The fraction of sp³-hybridized carbons (Fsp3) is 0.125. The number of para-hydroxylation sites is 1. The minimum Gasteiger partial charge on any atom is -0.335 e. The molecule has 0 aliphatic carbocycles. The van der Waals surface area contributed by atoms with E-state index in [-0.39, 0.29) is 11.7 Å². The average Bonchev–Trinajstić information content (AvgIpc) is 2.74. The van der Waals surface area contributed by atoms with Crippen LogP contribution in [0.3, 0.4) is 0 Å². The van der Waals surface area contributed by atoms with Gasteiger partial charge in [0.25, 0.3) is 5.91 Å². The van der Waals surface area contributed by atoms with Crippen LogP contribution in [0.2, 0.25) is 5.02 Å². The third-order valence-corrected chi connectivity index (χ3v) is 5.14. The van der Waals surface area contributed by atoms with Crippen LogP contribution in [0.5, 0.6) is 0 Å². The van der Waals surface area contributed by atoms with E-state index in [1.807, 2.05) is 79.7 Å². The maximum Gasteiger partial charge on any atom is 0.291 e. The van der Waals surface area contributed by atoms with Gasteiger partial charge in [-0.15, -0.1) is 0 Å². The van der Waals surface area contributed by atoms with Crippen LogP contribution in [0, 0.1) is 6.92 Å². The van der Waals surface area contributed by atoms with Crippen LogP contribution < -0.4 is 0 Å². The Labute approximate surface area is 174 Å². The Bertz CT molecular complexity index is 1190. The van der Waals surface area contributed by atoms with Crippen molar-refractivity contribution in [2.45, 2.75) is 13.5 Å². The zero-order chi connectivity index (χ0) is 20.4. The molecule has 0 radical (unpaired) electrons. The number of carbonyl (C=O) groups is 1. The number of fused-ring (bicyclic) bond motifs is 1. The highest BCUT2D eigenvalue weighted by Crippen LogP contribution is 2.31. The summed E-state index contributed by atoms with van der Waals surface area (Å²) < 4.78 is 0. The molecule has 144 valence electrons. The monoisotopic (exact) mass is 401 g/mol. The Morgan fingerprint density at radius 3 is 2.38 bits per heavy atom. The van der Waals surface area contributed by atoms with Gasteiger partial charge in [-0.25, -0.2) is 9.97 Å². The van der Waals surface area contributed by atoms with Gasteiger partial charge in [0, 0.05) is 29.6 Å². The Balaban J connectivity index is 1.75. The number of benzene rings is 3. The van der Waals surface area contributed by atoms with Crippen molar-refractivity contribution >= 4 is 28.4 Å². The van der Waals surface area contributed by atoms with E-state index >= 15 is 0 Å². The first-order valence-corrected chi connectivity index (χ1v) is 9.73. The normalized spacial score (nSPS) is 10.9. The molecule has 0 spiro atoms. The fourth-order valence-corrected chi connectivity index (χ4v) is 3.47. The summed E-state index contributed by atoms with van der Waals surface area (Å²) in [5.41, 5.74) is 4.39. The minimum atomic E-state index is -0.232. The molecule has 1 aromatic heterocycles. The SMILES string of the molecule is Cc1ccc(CN(C)C(=O)c2nc(-c3ccccc3Cl)c3ccccc3n2)cc1. The third kappa shape index (κ3) is 3.98. The van der Waals surface area contributed by atoms with Gasteiger partial charge in [0.15, 0.2) is 0 Å². The summed E-state index contributed by atoms with van der Waals surface area (Å²) in [5, 5.41) is 1.45. The van der Waals surface area contributed by atoms with Crippen LogP contribution in [-0.4, -0.2) is 27.8 Å². The predicted octanol–water partition coefficient (Wildman–Crippen LogP) is 5.53. The second-order valence-electron chi connectivity index (χ2n) is 7.04. The van der Waals surface area contributed by atoms with Crippen molar-refractivity contribution in [2.24, 2.45) is 0 Å². The number of rotatable bonds is 4. The number of hydrogen-bond acceptors (Lipinski definition) is 3. The summed E-state index contributed by atoms with van der Waals surface area (Å²) in [6.07, 6.45) is 0.